The highest BCUT2D eigenvalue weighted by molar-refractivity contribution is 5.77. The van der Waals surface area contributed by atoms with Crippen LogP contribution in [0.4, 0.5) is 8.78 Å². The molecule has 2 aliphatic carbocycles. The van der Waals surface area contributed by atoms with Crippen molar-refractivity contribution in [2.45, 2.75) is 57.5 Å². The number of hydrogen-bond donors (Lipinski definition) is 2. The number of hydrogen-bond acceptors (Lipinski definition) is 2. The number of halogens is 2. The number of carbonyl (C=O) groups is 1. The highest BCUT2D eigenvalue weighted by Gasteiger charge is 2.69. The van der Waals surface area contributed by atoms with Crippen molar-refractivity contribution in [1.82, 2.24) is 0 Å². The molecule has 1 atom stereocenters. The lowest BCUT2D eigenvalue weighted by Crippen LogP contribution is -2.62. The van der Waals surface area contributed by atoms with Gasteiger partial charge in [-0.15, -0.1) is 0 Å². The van der Waals surface area contributed by atoms with E-state index in [1.807, 2.05) is 13.8 Å². The predicted molar refractivity (Wildman–Crippen MR) is 56.8 cm³/mol. The van der Waals surface area contributed by atoms with Gasteiger partial charge in [0.1, 0.15) is 5.41 Å². The summed E-state index contributed by atoms with van der Waals surface area (Å²) in [5.74, 6) is -4.25. The molecule has 0 spiro atoms. The molecular formula is C12H18F2O3. The van der Waals surface area contributed by atoms with E-state index >= 15 is 0 Å². The van der Waals surface area contributed by atoms with Gasteiger partial charge in [0.25, 0.3) is 0 Å². The summed E-state index contributed by atoms with van der Waals surface area (Å²) >= 11 is 0. The molecule has 0 aromatic rings. The molecule has 5 heteroatoms. The van der Waals surface area contributed by atoms with Crippen molar-refractivity contribution in [2.24, 2.45) is 10.8 Å². The summed E-state index contributed by atoms with van der Waals surface area (Å²) in [7, 11) is 0. The summed E-state index contributed by atoms with van der Waals surface area (Å²) in [6.07, 6.45) is -0.753. The summed E-state index contributed by atoms with van der Waals surface area (Å²) in [4.78, 5) is 11.4. The Balaban J connectivity index is 2.29. The zero-order chi connectivity index (χ0) is 13.1. The lowest BCUT2D eigenvalue weighted by Gasteiger charge is -2.56. The number of rotatable bonds is 2. The van der Waals surface area contributed by atoms with Gasteiger partial charge in [0.15, 0.2) is 0 Å². The summed E-state index contributed by atoms with van der Waals surface area (Å²) < 4.78 is 26.6. The monoisotopic (exact) mass is 248 g/mol. The van der Waals surface area contributed by atoms with E-state index in [0.717, 1.165) is 0 Å². The lowest BCUT2D eigenvalue weighted by atomic mass is 9.51. The van der Waals surface area contributed by atoms with Crippen LogP contribution in [0.5, 0.6) is 0 Å². The zero-order valence-electron chi connectivity index (χ0n) is 10.1. The van der Waals surface area contributed by atoms with Crippen LogP contribution in [0.1, 0.15) is 46.0 Å². The van der Waals surface area contributed by atoms with Crippen molar-refractivity contribution < 1.29 is 23.8 Å². The molecule has 0 aromatic carbocycles. The first-order valence-corrected chi connectivity index (χ1v) is 5.86. The maximum Gasteiger partial charge on any atom is 0.312 e. The molecule has 2 saturated carbocycles. The molecule has 0 radical (unpaired) electrons. The molecule has 1 unspecified atom stereocenters. The zero-order valence-corrected chi connectivity index (χ0v) is 10.1. The third-order valence-corrected chi connectivity index (χ3v) is 4.32. The lowest BCUT2D eigenvalue weighted by molar-refractivity contribution is -0.214. The van der Waals surface area contributed by atoms with Crippen LogP contribution in [0.2, 0.25) is 0 Å². The molecule has 0 aliphatic heterocycles. The van der Waals surface area contributed by atoms with Gasteiger partial charge in [-0.2, -0.15) is 0 Å². The smallest absolute Gasteiger partial charge is 0.312 e. The van der Waals surface area contributed by atoms with Gasteiger partial charge in [-0.25, -0.2) is 8.78 Å². The van der Waals surface area contributed by atoms with Gasteiger partial charge < -0.3 is 10.2 Å². The van der Waals surface area contributed by atoms with Gasteiger partial charge in [0.2, 0.25) is 5.92 Å². The van der Waals surface area contributed by atoms with E-state index in [1.165, 1.54) is 0 Å². The minimum atomic E-state index is -2.96. The quantitative estimate of drug-likeness (QED) is 0.789. The largest absolute Gasteiger partial charge is 0.481 e. The van der Waals surface area contributed by atoms with Crippen molar-refractivity contribution in [3.8, 4) is 0 Å². The van der Waals surface area contributed by atoms with Crippen LogP contribution in [0.25, 0.3) is 0 Å². The molecule has 0 aromatic heterocycles. The Hall–Kier alpha value is -0.710. The first-order valence-electron chi connectivity index (χ1n) is 5.86. The third kappa shape index (κ3) is 1.75. The second-order valence-electron chi connectivity index (χ2n) is 6.47. The van der Waals surface area contributed by atoms with E-state index in [1.54, 1.807) is 0 Å². The number of carboxylic acids is 1. The van der Waals surface area contributed by atoms with E-state index in [0.29, 0.717) is 0 Å². The summed E-state index contributed by atoms with van der Waals surface area (Å²) in [5.41, 5.74) is -3.29. The summed E-state index contributed by atoms with van der Waals surface area (Å²) in [5, 5.41) is 19.7. The molecule has 2 aliphatic rings. The Kier molecular flexibility index (Phi) is 2.39. The first-order chi connectivity index (χ1) is 7.52. The second kappa shape index (κ2) is 3.19. The molecule has 2 fully saturated rings. The summed E-state index contributed by atoms with van der Waals surface area (Å²) in [6, 6.07) is 0. The van der Waals surface area contributed by atoms with Crippen LogP contribution >= 0.6 is 0 Å². The maximum atomic E-state index is 13.3. The minimum absolute atomic E-state index is 0.137. The van der Waals surface area contributed by atoms with Gasteiger partial charge >= 0.3 is 5.97 Å². The Morgan fingerprint density at radius 3 is 1.94 bits per heavy atom. The fraction of sp³-hybridized carbons (Fsp3) is 0.917. The van der Waals surface area contributed by atoms with Crippen LogP contribution in [0.15, 0.2) is 0 Å². The molecule has 98 valence electrons. The Bertz CT molecular complexity index is 357. The molecule has 0 heterocycles. The Morgan fingerprint density at radius 2 is 1.65 bits per heavy atom. The van der Waals surface area contributed by atoms with Crippen LogP contribution < -0.4 is 0 Å². The molecule has 0 saturated heterocycles. The van der Waals surface area contributed by atoms with Crippen LogP contribution in [0.3, 0.4) is 0 Å². The molecule has 0 bridgehead atoms. The third-order valence-electron chi connectivity index (χ3n) is 4.32. The van der Waals surface area contributed by atoms with Crippen LogP contribution in [-0.4, -0.2) is 27.7 Å². The van der Waals surface area contributed by atoms with Crippen molar-refractivity contribution in [2.75, 3.05) is 0 Å². The number of alkyl halides is 2. The van der Waals surface area contributed by atoms with Gasteiger partial charge in [0.05, 0.1) is 5.60 Å². The molecule has 2 N–H and O–H groups in total. The number of carboxylic acid groups (broad SMARTS) is 1. The van der Waals surface area contributed by atoms with Crippen molar-refractivity contribution in [1.29, 1.82) is 0 Å². The number of aliphatic carboxylic acids is 1. The second-order valence-corrected chi connectivity index (χ2v) is 6.47. The average molecular weight is 248 g/mol. The van der Waals surface area contributed by atoms with Gasteiger partial charge in [-0.05, 0) is 24.7 Å². The predicted octanol–water partition coefficient (Wildman–Crippen LogP) is 2.43. The van der Waals surface area contributed by atoms with Crippen molar-refractivity contribution >= 4 is 5.97 Å². The van der Waals surface area contributed by atoms with E-state index in [-0.39, 0.29) is 24.7 Å². The van der Waals surface area contributed by atoms with Gasteiger partial charge in [0, 0.05) is 12.8 Å². The van der Waals surface area contributed by atoms with Crippen molar-refractivity contribution in [3.05, 3.63) is 0 Å². The van der Waals surface area contributed by atoms with Crippen LogP contribution in [0, 0.1) is 10.8 Å². The fourth-order valence-corrected chi connectivity index (χ4v) is 3.66. The van der Waals surface area contributed by atoms with Crippen molar-refractivity contribution in [3.63, 3.8) is 0 Å². The van der Waals surface area contributed by atoms with E-state index in [4.69, 9.17) is 0 Å². The molecule has 3 nitrogen and oxygen atoms in total. The normalized spacial score (nSPS) is 37.5. The maximum absolute atomic E-state index is 13.3. The first kappa shape index (κ1) is 12.7. The van der Waals surface area contributed by atoms with Gasteiger partial charge in [-0.3, -0.25) is 4.79 Å². The molecular weight excluding hydrogens is 230 g/mol. The summed E-state index contributed by atoms with van der Waals surface area (Å²) in [6.45, 7) is 3.81. The van der Waals surface area contributed by atoms with Crippen LogP contribution in [-0.2, 0) is 4.79 Å². The number of aliphatic hydroxyl groups is 1. The molecule has 2 rings (SSSR count). The topological polar surface area (TPSA) is 57.5 Å². The molecule has 0 amide bonds. The van der Waals surface area contributed by atoms with E-state index < -0.39 is 35.7 Å². The Labute approximate surface area is 98.8 Å². The average Bonchev–Trinajstić information content (AvgIpc) is 2.39. The van der Waals surface area contributed by atoms with E-state index in [2.05, 4.69) is 0 Å². The Morgan fingerprint density at radius 1 is 1.12 bits per heavy atom. The highest BCUT2D eigenvalue weighted by atomic mass is 19.3. The fourth-order valence-electron chi connectivity index (χ4n) is 3.66. The highest BCUT2D eigenvalue weighted by Crippen LogP contribution is 2.63. The standard InChI is InChI=1S/C12H18F2O3/c1-9(2)5-11(17,6-9)10(8(15)16)3-4-12(13,14)7-10/h17H,3-7H2,1-2H3,(H,15,16). The van der Waals surface area contributed by atoms with Gasteiger partial charge in [-0.1, -0.05) is 13.8 Å². The molecule has 17 heavy (non-hydrogen) atoms. The SMILES string of the molecule is CC1(C)CC(O)(C2(C(=O)O)CCC(F)(F)C2)C1. The van der Waals surface area contributed by atoms with E-state index in [9.17, 15) is 23.8 Å². The minimum Gasteiger partial charge on any atom is -0.481 e.